The summed E-state index contributed by atoms with van der Waals surface area (Å²) in [5.41, 5.74) is 3.54. The molecule has 0 aliphatic carbocycles. The molecule has 16 heavy (non-hydrogen) atoms. The van der Waals surface area contributed by atoms with Crippen molar-refractivity contribution in [3.8, 4) is 0 Å². The van der Waals surface area contributed by atoms with Crippen LogP contribution in [-0.2, 0) is 12.5 Å². The maximum absolute atomic E-state index is 9.53. The molecule has 2 heteroatoms. The van der Waals surface area contributed by atoms with Gasteiger partial charge in [0.05, 0.1) is 6.61 Å². The predicted molar refractivity (Wildman–Crippen MR) is 67.8 cm³/mol. The molecule has 0 saturated carbocycles. The van der Waals surface area contributed by atoms with Gasteiger partial charge in [0.1, 0.15) is 0 Å². The number of fused-ring (bicyclic) bond motifs is 1. The van der Waals surface area contributed by atoms with Crippen LogP contribution >= 0.6 is 0 Å². The zero-order chi connectivity index (χ0) is 11.9. The van der Waals surface area contributed by atoms with Crippen LogP contribution in [0.3, 0.4) is 0 Å². The smallest absolute Gasteiger partial charge is 0.0523 e. The number of aliphatic hydroxyl groups excluding tert-OH is 1. The van der Waals surface area contributed by atoms with Crippen LogP contribution < -0.4 is 0 Å². The van der Waals surface area contributed by atoms with Crippen molar-refractivity contribution in [2.75, 3.05) is 6.61 Å². The van der Waals surface area contributed by atoms with Crippen molar-refractivity contribution in [2.24, 2.45) is 7.05 Å². The number of aromatic nitrogens is 1. The maximum Gasteiger partial charge on any atom is 0.0523 e. The highest BCUT2D eigenvalue weighted by Crippen LogP contribution is 2.34. The van der Waals surface area contributed by atoms with Gasteiger partial charge in [-0.05, 0) is 18.6 Å². The van der Waals surface area contributed by atoms with Gasteiger partial charge < -0.3 is 9.67 Å². The van der Waals surface area contributed by atoms with Gasteiger partial charge in [-0.25, -0.2) is 0 Å². The maximum atomic E-state index is 9.53. The monoisotopic (exact) mass is 217 g/mol. The SMILES string of the molecule is Cc1c(C(C)(C)CO)c2ccccc2n1C. The molecule has 0 fully saturated rings. The molecular weight excluding hydrogens is 198 g/mol. The normalized spacial score (nSPS) is 12.3. The topological polar surface area (TPSA) is 25.2 Å². The fourth-order valence-corrected chi connectivity index (χ4v) is 2.45. The van der Waals surface area contributed by atoms with Gasteiger partial charge in [-0.15, -0.1) is 0 Å². The summed E-state index contributed by atoms with van der Waals surface area (Å²) in [5, 5.41) is 10.8. The molecule has 1 N–H and O–H groups in total. The Morgan fingerprint density at radius 3 is 2.50 bits per heavy atom. The van der Waals surface area contributed by atoms with Crippen molar-refractivity contribution in [2.45, 2.75) is 26.2 Å². The number of para-hydroxylation sites is 1. The number of benzene rings is 1. The molecule has 0 amide bonds. The van der Waals surface area contributed by atoms with Gasteiger partial charge in [-0.1, -0.05) is 32.0 Å². The summed E-state index contributed by atoms with van der Waals surface area (Å²) in [6, 6.07) is 8.37. The van der Waals surface area contributed by atoms with E-state index < -0.39 is 0 Å². The Labute approximate surface area is 96.5 Å². The van der Waals surface area contributed by atoms with Crippen LogP contribution in [-0.4, -0.2) is 16.3 Å². The summed E-state index contributed by atoms with van der Waals surface area (Å²) >= 11 is 0. The second-order valence-electron chi connectivity index (χ2n) is 5.08. The van der Waals surface area contributed by atoms with Crippen LogP contribution in [0.1, 0.15) is 25.1 Å². The molecule has 0 radical (unpaired) electrons. The number of aliphatic hydroxyl groups is 1. The first kappa shape index (κ1) is 11.2. The molecule has 0 bridgehead atoms. The minimum Gasteiger partial charge on any atom is -0.395 e. The number of rotatable bonds is 2. The van der Waals surface area contributed by atoms with Gasteiger partial charge in [0.2, 0.25) is 0 Å². The van der Waals surface area contributed by atoms with E-state index in [1.54, 1.807) is 0 Å². The highest BCUT2D eigenvalue weighted by molar-refractivity contribution is 5.86. The Balaban J connectivity index is 2.84. The van der Waals surface area contributed by atoms with Gasteiger partial charge in [0.15, 0.2) is 0 Å². The minimum atomic E-state index is -0.190. The van der Waals surface area contributed by atoms with Crippen LogP contribution in [0, 0.1) is 6.92 Å². The lowest BCUT2D eigenvalue weighted by molar-refractivity contribution is 0.219. The quantitative estimate of drug-likeness (QED) is 0.822. The average molecular weight is 217 g/mol. The Bertz CT molecular complexity index is 523. The fraction of sp³-hybridized carbons (Fsp3) is 0.429. The van der Waals surface area contributed by atoms with E-state index in [0.29, 0.717) is 0 Å². The second kappa shape index (κ2) is 3.63. The third-order valence-corrected chi connectivity index (χ3v) is 3.47. The standard InChI is InChI=1S/C14H19NO/c1-10-13(14(2,3)9-16)11-7-5-6-8-12(11)15(10)4/h5-8,16H,9H2,1-4H3. The average Bonchev–Trinajstić information content (AvgIpc) is 2.53. The van der Waals surface area contributed by atoms with E-state index in [2.05, 4.69) is 56.7 Å². The van der Waals surface area contributed by atoms with Crippen LogP contribution in [0.15, 0.2) is 24.3 Å². The van der Waals surface area contributed by atoms with E-state index in [0.717, 1.165) is 0 Å². The summed E-state index contributed by atoms with van der Waals surface area (Å²) in [6.45, 7) is 6.46. The van der Waals surface area contributed by atoms with E-state index in [-0.39, 0.29) is 12.0 Å². The molecule has 1 aromatic heterocycles. The van der Waals surface area contributed by atoms with Crippen molar-refractivity contribution in [3.63, 3.8) is 0 Å². The molecule has 2 rings (SSSR count). The van der Waals surface area contributed by atoms with Crippen molar-refractivity contribution in [1.29, 1.82) is 0 Å². The Kier molecular flexibility index (Phi) is 2.55. The number of hydrogen-bond acceptors (Lipinski definition) is 1. The third kappa shape index (κ3) is 1.45. The summed E-state index contributed by atoms with van der Waals surface area (Å²) in [4.78, 5) is 0. The lowest BCUT2D eigenvalue weighted by atomic mass is 9.83. The van der Waals surface area contributed by atoms with Crippen LogP contribution in [0.25, 0.3) is 10.9 Å². The first-order valence-corrected chi connectivity index (χ1v) is 5.64. The van der Waals surface area contributed by atoms with Crippen molar-refractivity contribution in [3.05, 3.63) is 35.5 Å². The molecule has 0 unspecified atom stereocenters. The summed E-state index contributed by atoms with van der Waals surface area (Å²) in [6.07, 6.45) is 0. The molecule has 0 saturated heterocycles. The van der Waals surface area contributed by atoms with E-state index in [1.807, 2.05) is 0 Å². The van der Waals surface area contributed by atoms with Crippen LogP contribution in [0.5, 0.6) is 0 Å². The van der Waals surface area contributed by atoms with Gasteiger partial charge >= 0.3 is 0 Å². The molecule has 1 aromatic carbocycles. The lowest BCUT2D eigenvalue weighted by Crippen LogP contribution is -2.23. The molecule has 2 aromatic rings. The van der Waals surface area contributed by atoms with Gasteiger partial charge in [-0.2, -0.15) is 0 Å². The molecule has 2 nitrogen and oxygen atoms in total. The predicted octanol–water partition coefficient (Wildman–Crippen LogP) is 2.76. The fourth-order valence-electron chi connectivity index (χ4n) is 2.45. The number of hydrogen-bond donors (Lipinski definition) is 1. The lowest BCUT2D eigenvalue weighted by Gasteiger charge is -2.22. The molecule has 0 atom stereocenters. The summed E-state index contributed by atoms with van der Waals surface area (Å²) in [7, 11) is 2.08. The van der Waals surface area contributed by atoms with Crippen molar-refractivity contribution < 1.29 is 5.11 Å². The first-order valence-electron chi connectivity index (χ1n) is 5.64. The second-order valence-corrected chi connectivity index (χ2v) is 5.08. The zero-order valence-electron chi connectivity index (χ0n) is 10.4. The van der Waals surface area contributed by atoms with Crippen molar-refractivity contribution in [1.82, 2.24) is 4.57 Å². The van der Waals surface area contributed by atoms with Gasteiger partial charge in [-0.3, -0.25) is 0 Å². The van der Waals surface area contributed by atoms with E-state index >= 15 is 0 Å². The molecule has 0 aliphatic rings. The highest BCUT2D eigenvalue weighted by atomic mass is 16.3. The Hall–Kier alpha value is -1.28. The number of aryl methyl sites for hydroxylation is 1. The van der Waals surface area contributed by atoms with Gasteiger partial charge in [0.25, 0.3) is 0 Å². The zero-order valence-corrected chi connectivity index (χ0v) is 10.4. The molecule has 86 valence electrons. The summed E-state index contributed by atoms with van der Waals surface area (Å²) < 4.78 is 2.20. The van der Waals surface area contributed by atoms with Gasteiger partial charge in [0, 0.05) is 29.1 Å². The summed E-state index contributed by atoms with van der Waals surface area (Å²) in [5.74, 6) is 0. The molecule has 0 spiro atoms. The Morgan fingerprint density at radius 1 is 1.25 bits per heavy atom. The Morgan fingerprint density at radius 2 is 1.88 bits per heavy atom. The van der Waals surface area contributed by atoms with Crippen LogP contribution in [0.2, 0.25) is 0 Å². The van der Waals surface area contributed by atoms with E-state index in [4.69, 9.17) is 0 Å². The third-order valence-electron chi connectivity index (χ3n) is 3.47. The minimum absolute atomic E-state index is 0.168. The highest BCUT2D eigenvalue weighted by Gasteiger charge is 2.26. The number of nitrogens with zero attached hydrogens (tertiary/aromatic N) is 1. The molecular formula is C14H19NO. The van der Waals surface area contributed by atoms with E-state index in [9.17, 15) is 5.11 Å². The van der Waals surface area contributed by atoms with Crippen molar-refractivity contribution >= 4 is 10.9 Å². The van der Waals surface area contributed by atoms with E-state index in [1.165, 1.54) is 22.2 Å². The molecule has 1 heterocycles. The largest absolute Gasteiger partial charge is 0.395 e. The molecule has 0 aliphatic heterocycles. The first-order chi connectivity index (χ1) is 7.49. The van der Waals surface area contributed by atoms with Crippen LogP contribution in [0.4, 0.5) is 0 Å².